The Kier molecular flexibility index (Phi) is 6.50. The van der Waals surface area contributed by atoms with Gasteiger partial charge in [-0.1, -0.05) is 90.5 Å². The summed E-state index contributed by atoms with van der Waals surface area (Å²) >= 11 is 0. The summed E-state index contributed by atoms with van der Waals surface area (Å²) in [7, 11) is 0. The molecular weight excluding hydrogens is 556 g/mol. The molecule has 2 aliphatic heterocycles. The van der Waals surface area contributed by atoms with E-state index in [-0.39, 0.29) is 11.3 Å². The highest BCUT2D eigenvalue weighted by Crippen LogP contribution is 2.45. The monoisotopic (exact) mass is 584 g/mol. The maximum absolute atomic E-state index is 14.3. The van der Waals surface area contributed by atoms with Crippen LogP contribution in [0.15, 0.2) is 103 Å². The number of carbonyl (C=O) groups is 4. The Hall–Kier alpha value is -5.70. The van der Waals surface area contributed by atoms with Crippen molar-refractivity contribution >= 4 is 40.4 Å². The van der Waals surface area contributed by atoms with Crippen LogP contribution in [0.4, 0.5) is 10.5 Å². The van der Waals surface area contributed by atoms with Gasteiger partial charge in [-0.2, -0.15) is 0 Å². The van der Waals surface area contributed by atoms with Crippen molar-refractivity contribution in [2.75, 3.05) is 4.90 Å². The number of aromatic nitrogens is 1. The van der Waals surface area contributed by atoms with Gasteiger partial charge in [0.15, 0.2) is 6.04 Å². The number of fused-ring (bicyclic) bond motifs is 4. The number of aromatic amines is 1. The summed E-state index contributed by atoms with van der Waals surface area (Å²) in [4.78, 5) is 60.4. The highest BCUT2D eigenvalue weighted by atomic mass is 16.4. The second-order valence-electron chi connectivity index (χ2n) is 11.1. The number of nitrogens with one attached hydrogen (secondary N) is 2. The first kappa shape index (κ1) is 27.2. The minimum atomic E-state index is -1.32. The molecule has 0 bridgehead atoms. The van der Waals surface area contributed by atoms with Crippen LogP contribution in [-0.2, 0) is 16.0 Å². The fourth-order valence-corrected chi connectivity index (χ4v) is 6.39. The highest BCUT2D eigenvalue weighted by molar-refractivity contribution is 6.24. The summed E-state index contributed by atoms with van der Waals surface area (Å²) in [5, 5.41) is 13.4. The van der Waals surface area contributed by atoms with Gasteiger partial charge in [0.2, 0.25) is 0 Å². The number of hydrogen-bond donors (Lipinski definition) is 3. The van der Waals surface area contributed by atoms with E-state index < -0.39 is 41.9 Å². The van der Waals surface area contributed by atoms with Crippen molar-refractivity contribution in [2.24, 2.45) is 0 Å². The van der Waals surface area contributed by atoms with Crippen LogP contribution in [0.25, 0.3) is 10.9 Å². The molecule has 0 unspecified atom stereocenters. The lowest BCUT2D eigenvalue weighted by Crippen LogP contribution is -2.44. The van der Waals surface area contributed by atoms with Gasteiger partial charge in [-0.25, -0.2) is 14.5 Å². The van der Waals surface area contributed by atoms with Crippen molar-refractivity contribution in [1.29, 1.82) is 0 Å². The molecule has 3 atom stereocenters. The van der Waals surface area contributed by atoms with Gasteiger partial charge in [0, 0.05) is 23.0 Å². The van der Waals surface area contributed by atoms with Crippen LogP contribution in [0, 0.1) is 6.92 Å². The number of urea groups is 1. The summed E-state index contributed by atoms with van der Waals surface area (Å²) in [5.41, 5.74) is 5.20. The number of H-pyrrole nitrogens is 1. The van der Waals surface area contributed by atoms with Crippen LogP contribution in [0.3, 0.4) is 0 Å². The van der Waals surface area contributed by atoms with E-state index in [1.807, 2.05) is 55.5 Å². The number of benzene rings is 4. The second kappa shape index (κ2) is 10.5. The molecule has 9 heteroatoms. The van der Waals surface area contributed by atoms with E-state index in [1.54, 1.807) is 47.4 Å². The number of anilines is 1. The van der Waals surface area contributed by atoms with Gasteiger partial charge in [-0.15, -0.1) is 0 Å². The summed E-state index contributed by atoms with van der Waals surface area (Å²) in [6, 6.07) is 27.2. The quantitative estimate of drug-likeness (QED) is 0.227. The smallest absolute Gasteiger partial charge is 0.332 e. The molecule has 218 valence electrons. The van der Waals surface area contributed by atoms with Crippen molar-refractivity contribution in [3.05, 3.63) is 137 Å². The maximum Gasteiger partial charge on any atom is 0.332 e. The number of rotatable bonds is 6. The lowest BCUT2D eigenvalue weighted by Gasteiger charge is -2.36. The van der Waals surface area contributed by atoms with Crippen LogP contribution < -0.4 is 10.2 Å². The van der Waals surface area contributed by atoms with E-state index in [4.69, 9.17) is 0 Å². The standard InChI is InChI=1S/C35H28N4O5/c1-20-15-17-22(18-16-20)31-30-25(23-11-5-7-13-26(23)36-30)19-28-33(41)39(35(44)38(28)31)27-14-8-6-12-24(27)32(40)37-29(34(42)43)21-9-3-2-4-10-21/h2-18,28-29,31,36H,19H2,1H3,(H,37,40)(H,42,43)/t28-,29+,31+/m0/s1. The molecule has 0 aliphatic carbocycles. The number of para-hydroxylation sites is 2. The van der Waals surface area contributed by atoms with Crippen LogP contribution in [0.1, 0.15) is 50.4 Å². The second-order valence-corrected chi connectivity index (χ2v) is 11.1. The average molecular weight is 585 g/mol. The van der Waals surface area contributed by atoms with Gasteiger partial charge >= 0.3 is 12.0 Å². The maximum atomic E-state index is 14.3. The van der Waals surface area contributed by atoms with Gasteiger partial charge in [-0.05, 0) is 41.8 Å². The third-order valence-corrected chi connectivity index (χ3v) is 8.49. The topological polar surface area (TPSA) is 123 Å². The van der Waals surface area contributed by atoms with Crippen LogP contribution in [0.5, 0.6) is 0 Å². The number of imide groups is 1. The Balaban J connectivity index is 1.29. The molecule has 5 aromatic rings. The van der Waals surface area contributed by atoms with Crippen LogP contribution in [-0.4, -0.2) is 44.8 Å². The third-order valence-electron chi connectivity index (χ3n) is 8.49. The average Bonchev–Trinajstić information content (AvgIpc) is 3.53. The first-order chi connectivity index (χ1) is 21.3. The molecule has 3 N–H and O–H groups in total. The molecule has 44 heavy (non-hydrogen) atoms. The van der Waals surface area contributed by atoms with E-state index in [9.17, 15) is 24.3 Å². The van der Waals surface area contributed by atoms with Crippen LogP contribution in [0.2, 0.25) is 0 Å². The third kappa shape index (κ3) is 4.32. The predicted octanol–water partition coefficient (Wildman–Crippen LogP) is 5.51. The zero-order valence-electron chi connectivity index (χ0n) is 23.7. The molecule has 1 aromatic heterocycles. The Bertz CT molecular complexity index is 1950. The molecule has 7 rings (SSSR count). The van der Waals surface area contributed by atoms with Gasteiger partial charge in [-0.3, -0.25) is 14.5 Å². The summed E-state index contributed by atoms with van der Waals surface area (Å²) in [5.74, 6) is -2.39. The number of carboxylic acid groups (broad SMARTS) is 1. The van der Waals surface area contributed by atoms with Crippen molar-refractivity contribution in [3.63, 3.8) is 0 Å². The number of nitrogens with zero attached hydrogens (tertiary/aromatic N) is 2. The fourth-order valence-electron chi connectivity index (χ4n) is 6.39. The minimum Gasteiger partial charge on any atom is -0.479 e. The Morgan fingerprint density at radius 1 is 0.886 bits per heavy atom. The summed E-state index contributed by atoms with van der Waals surface area (Å²) in [6.07, 6.45) is 0.312. The zero-order valence-corrected chi connectivity index (χ0v) is 23.7. The lowest BCUT2D eigenvalue weighted by molar-refractivity contribution is -0.139. The van der Waals surface area contributed by atoms with E-state index in [0.717, 1.165) is 38.2 Å². The number of carbonyl (C=O) groups excluding carboxylic acids is 3. The molecule has 1 fully saturated rings. The van der Waals surface area contributed by atoms with Gasteiger partial charge in [0.1, 0.15) is 12.1 Å². The number of aryl methyl sites for hydroxylation is 1. The molecule has 2 aliphatic rings. The summed E-state index contributed by atoms with van der Waals surface area (Å²) in [6.45, 7) is 1.99. The van der Waals surface area contributed by atoms with Gasteiger partial charge < -0.3 is 15.4 Å². The highest BCUT2D eigenvalue weighted by Gasteiger charge is 2.53. The lowest BCUT2D eigenvalue weighted by atomic mass is 9.88. The summed E-state index contributed by atoms with van der Waals surface area (Å²) < 4.78 is 0. The SMILES string of the molecule is Cc1ccc([C@@H]2c3[nH]c4ccccc4c3C[C@H]3C(=O)N(c4ccccc4C(=O)N[C@@H](C(=O)O)c4ccccc4)C(=O)N23)cc1. The molecule has 0 radical (unpaired) electrons. The molecular formula is C35H28N4O5. The molecule has 9 nitrogen and oxygen atoms in total. The Labute approximate surface area is 252 Å². The molecule has 1 saturated heterocycles. The Morgan fingerprint density at radius 3 is 2.32 bits per heavy atom. The van der Waals surface area contributed by atoms with E-state index >= 15 is 0 Å². The van der Waals surface area contributed by atoms with Crippen molar-refractivity contribution < 1.29 is 24.3 Å². The largest absolute Gasteiger partial charge is 0.479 e. The molecule has 0 saturated carbocycles. The Morgan fingerprint density at radius 2 is 1.57 bits per heavy atom. The molecule has 0 spiro atoms. The van der Waals surface area contributed by atoms with Gasteiger partial charge in [0.25, 0.3) is 11.8 Å². The first-order valence-electron chi connectivity index (χ1n) is 14.3. The van der Waals surface area contributed by atoms with Crippen molar-refractivity contribution in [2.45, 2.75) is 31.5 Å². The van der Waals surface area contributed by atoms with Crippen LogP contribution >= 0.6 is 0 Å². The minimum absolute atomic E-state index is 0.0204. The fraction of sp³-hybridized carbons (Fsp3) is 0.143. The molecule has 4 aromatic carbocycles. The first-order valence-corrected chi connectivity index (χ1v) is 14.3. The number of aliphatic carboxylic acids is 1. The zero-order chi connectivity index (χ0) is 30.5. The number of hydrogen-bond acceptors (Lipinski definition) is 4. The van der Waals surface area contributed by atoms with Crippen molar-refractivity contribution in [3.8, 4) is 0 Å². The van der Waals surface area contributed by atoms with E-state index in [1.165, 1.54) is 12.1 Å². The van der Waals surface area contributed by atoms with E-state index in [2.05, 4.69) is 10.3 Å². The molecule has 4 amide bonds. The normalized spacial score (nSPS) is 18.2. The van der Waals surface area contributed by atoms with E-state index in [0.29, 0.717) is 12.0 Å². The number of carboxylic acids is 1. The van der Waals surface area contributed by atoms with Gasteiger partial charge in [0.05, 0.1) is 11.3 Å². The number of amides is 4. The predicted molar refractivity (Wildman–Crippen MR) is 164 cm³/mol. The van der Waals surface area contributed by atoms with Crippen molar-refractivity contribution in [1.82, 2.24) is 15.2 Å². The molecule has 3 heterocycles.